The highest BCUT2D eigenvalue weighted by molar-refractivity contribution is 5.86. The van der Waals surface area contributed by atoms with Gasteiger partial charge in [0.15, 0.2) is 0 Å². The van der Waals surface area contributed by atoms with Gasteiger partial charge in [0.1, 0.15) is 0 Å². The molecular weight excluding hydrogens is 444 g/mol. The van der Waals surface area contributed by atoms with Crippen LogP contribution in [0.2, 0.25) is 0 Å². The first-order valence-corrected chi connectivity index (χ1v) is 14.1. The third-order valence-electron chi connectivity index (χ3n) is 8.47. The summed E-state index contributed by atoms with van der Waals surface area (Å²) in [4.78, 5) is 0. The van der Waals surface area contributed by atoms with Crippen molar-refractivity contribution >= 4 is 10.9 Å². The van der Waals surface area contributed by atoms with Gasteiger partial charge in [-0.25, -0.2) is 0 Å². The maximum absolute atomic E-state index is 6.14. The maximum Gasteiger partial charge on any atom is 0.0483 e. The number of ether oxygens (including phenoxy) is 1. The van der Waals surface area contributed by atoms with E-state index < -0.39 is 0 Å². The van der Waals surface area contributed by atoms with Crippen molar-refractivity contribution in [3.05, 3.63) is 70.9 Å². The fourth-order valence-electron chi connectivity index (χ4n) is 6.28. The van der Waals surface area contributed by atoms with E-state index in [0.29, 0.717) is 30.5 Å². The third kappa shape index (κ3) is 6.03. The normalized spacial score (nSPS) is 22.2. The fraction of sp³-hybridized carbons (Fsp3) is 0.548. The number of nitrogens with two attached hydrogens (primary N) is 2. The molecule has 0 amide bonds. The van der Waals surface area contributed by atoms with Crippen LogP contribution in [0.15, 0.2) is 48.7 Å². The predicted molar refractivity (Wildman–Crippen MR) is 149 cm³/mol. The van der Waals surface area contributed by atoms with Gasteiger partial charge in [0.25, 0.3) is 0 Å². The quantitative estimate of drug-likeness (QED) is 0.386. The largest absolute Gasteiger partial charge is 0.381 e. The molecule has 1 saturated carbocycles. The van der Waals surface area contributed by atoms with Gasteiger partial charge in [0.05, 0.1) is 0 Å². The fourth-order valence-corrected chi connectivity index (χ4v) is 6.28. The summed E-state index contributed by atoms with van der Waals surface area (Å²) in [5.74, 6) is 1.02. The van der Waals surface area contributed by atoms with Crippen LogP contribution in [0.3, 0.4) is 0 Å². The molecule has 2 fully saturated rings. The SMILES string of the molecule is Cc1cccc(C(CCNC2CCC(N)CC2)c2cn(CC3CCOCC3)c3ccc(CN)cc23)c1. The smallest absolute Gasteiger partial charge is 0.0483 e. The zero-order valence-electron chi connectivity index (χ0n) is 21.9. The summed E-state index contributed by atoms with van der Waals surface area (Å²) in [6.45, 7) is 6.62. The summed E-state index contributed by atoms with van der Waals surface area (Å²) < 4.78 is 8.14. The van der Waals surface area contributed by atoms with Gasteiger partial charge in [-0.2, -0.15) is 0 Å². The van der Waals surface area contributed by atoms with Crippen LogP contribution in [0.4, 0.5) is 0 Å². The van der Waals surface area contributed by atoms with Crippen LogP contribution in [-0.4, -0.2) is 36.4 Å². The zero-order valence-corrected chi connectivity index (χ0v) is 21.9. The molecule has 0 bridgehead atoms. The summed E-state index contributed by atoms with van der Waals surface area (Å²) >= 11 is 0. The van der Waals surface area contributed by atoms with Crippen molar-refractivity contribution in [2.24, 2.45) is 17.4 Å². The van der Waals surface area contributed by atoms with Crippen molar-refractivity contribution in [1.29, 1.82) is 0 Å². The minimum Gasteiger partial charge on any atom is -0.381 e. The number of rotatable bonds is 9. The van der Waals surface area contributed by atoms with Gasteiger partial charge in [0, 0.05) is 61.4 Å². The molecule has 5 rings (SSSR count). The second-order valence-corrected chi connectivity index (χ2v) is 11.2. The first kappa shape index (κ1) is 25.5. The van der Waals surface area contributed by atoms with Gasteiger partial charge in [0.2, 0.25) is 0 Å². The van der Waals surface area contributed by atoms with Crippen LogP contribution in [-0.2, 0) is 17.8 Å². The van der Waals surface area contributed by atoms with Gasteiger partial charge >= 0.3 is 0 Å². The molecule has 2 heterocycles. The van der Waals surface area contributed by atoms with Crippen molar-refractivity contribution in [1.82, 2.24) is 9.88 Å². The van der Waals surface area contributed by atoms with Crippen LogP contribution < -0.4 is 16.8 Å². The molecule has 2 aromatic carbocycles. The molecule has 36 heavy (non-hydrogen) atoms. The number of nitrogens with zero attached hydrogens (tertiary/aromatic N) is 1. The summed E-state index contributed by atoms with van der Waals surface area (Å²) in [5.41, 5.74) is 18.9. The van der Waals surface area contributed by atoms with Crippen LogP contribution in [0.1, 0.15) is 73.1 Å². The zero-order chi connectivity index (χ0) is 24.9. The van der Waals surface area contributed by atoms with Crippen LogP contribution in [0, 0.1) is 12.8 Å². The summed E-state index contributed by atoms with van der Waals surface area (Å²) in [5, 5.41) is 5.23. The van der Waals surface area contributed by atoms with E-state index in [2.05, 4.69) is 65.5 Å². The monoisotopic (exact) mass is 488 g/mol. The molecule has 1 aliphatic heterocycles. The second-order valence-electron chi connectivity index (χ2n) is 11.2. The topological polar surface area (TPSA) is 78.2 Å². The average Bonchev–Trinajstić information content (AvgIpc) is 3.25. The number of hydrogen-bond donors (Lipinski definition) is 3. The number of aromatic nitrogens is 1. The molecule has 1 atom stereocenters. The highest BCUT2D eigenvalue weighted by Crippen LogP contribution is 2.36. The van der Waals surface area contributed by atoms with E-state index in [1.54, 1.807) is 0 Å². The minimum atomic E-state index is 0.342. The van der Waals surface area contributed by atoms with Crippen molar-refractivity contribution in [3.8, 4) is 0 Å². The summed E-state index contributed by atoms with van der Waals surface area (Å²) in [6.07, 6.45) is 10.5. The molecule has 1 saturated heterocycles. The molecule has 194 valence electrons. The number of hydrogen-bond acceptors (Lipinski definition) is 4. The van der Waals surface area contributed by atoms with Crippen LogP contribution >= 0.6 is 0 Å². The average molecular weight is 489 g/mol. The van der Waals surface area contributed by atoms with E-state index in [-0.39, 0.29) is 0 Å². The first-order valence-electron chi connectivity index (χ1n) is 14.1. The van der Waals surface area contributed by atoms with E-state index in [1.165, 1.54) is 46.0 Å². The molecule has 0 radical (unpaired) electrons. The Balaban J connectivity index is 1.46. The molecule has 5 heteroatoms. The Kier molecular flexibility index (Phi) is 8.43. The molecular formula is C31H44N4O. The Morgan fingerprint density at radius 3 is 2.58 bits per heavy atom. The number of aryl methyl sites for hydroxylation is 1. The van der Waals surface area contributed by atoms with Crippen molar-refractivity contribution < 1.29 is 4.74 Å². The Hall–Kier alpha value is -2.18. The number of fused-ring (bicyclic) bond motifs is 1. The lowest BCUT2D eigenvalue weighted by Gasteiger charge is -2.28. The van der Waals surface area contributed by atoms with E-state index >= 15 is 0 Å². The van der Waals surface area contributed by atoms with E-state index in [4.69, 9.17) is 16.2 Å². The molecule has 1 aliphatic carbocycles. The van der Waals surface area contributed by atoms with Crippen molar-refractivity contribution in [2.75, 3.05) is 19.8 Å². The predicted octanol–water partition coefficient (Wildman–Crippen LogP) is 5.22. The highest BCUT2D eigenvalue weighted by Gasteiger charge is 2.24. The molecule has 2 aliphatic rings. The van der Waals surface area contributed by atoms with Gasteiger partial charge in [-0.3, -0.25) is 0 Å². The molecule has 0 spiro atoms. The first-order chi connectivity index (χ1) is 17.6. The Morgan fingerprint density at radius 1 is 1.03 bits per heavy atom. The lowest BCUT2D eigenvalue weighted by atomic mass is 9.86. The van der Waals surface area contributed by atoms with Gasteiger partial charge < -0.3 is 26.1 Å². The van der Waals surface area contributed by atoms with Gasteiger partial charge in [-0.05, 0) is 93.2 Å². The lowest BCUT2D eigenvalue weighted by Crippen LogP contribution is -2.38. The molecule has 5 nitrogen and oxygen atoms in total. The molecule has 5 N–H and O–H groups in total. The summed E-state index contributed by atoms with van der Waals surface area (Å²) in [7, 11) is 0. The molecule has 3 aromatic rings. The Morgan fingerprint density at radius 2 is 1.83 bits per heavy atom. The van der Waals surface area contributed by atoms with Crippen molar-refractivity contribution in [2.45, 2.75) is 83.0 Å². The highest BCUT2D eigenvalue weighted by atomic mass is 16.5. The third-order valence-corrected chi connectivity index (χ3v) is 8.47. The Labute approximate surface area is 216 Å². The minimum absolute atomic E-state index is 0.342. The standard InChI is InChI=1S/C31H44N4O/c1-22-3-2-4-25(17-22)28(11-14-34-27-8-6-26(33)7-9-27)30-21-35(20-23-12-15-36-16-13-23)31-10-5-24(19-32)18-29(30)31/h2-5,10,17-18,21,23,26-28,34H,6-9,11-16,19-20,32-33H2,1H3. The van der Waals surface area contributed by atoms with E-state index in [0.717, 1.165) is 58.4 Å². The van der Waals surface area contributed by atoms with Crippen molar-refractivity contribution in [3.63, 3.8) is 0 Å². The van der Waals surface area contributed by atoms with E-state index in [1.807, 2.05) is 0 Å². The van der Waals surface area contributed by atoms with Gasteiger partial charge in [-0.1, -0.05) is 35.9 Å². The van der Waals surface area contributed by atoms with E-state index in [9.17, 15) is 0 Å². The Bertz CT molecular complexity index is 1120. The summed E-state index contributed by atoms with van der Waals surface area (Å²) in [6, 6.07) is 16.9. The molecule has 1 aromatic heterocycles. The molecule has 1 unspecified atom stereocenters. The second kappa shape index (κ2) is 11.9. The van der Waals surface area contributed by atoms with Crippen LogP contribution in [0.25, 0.3) is 10.9 Å². The lowest BCUT2D eigenvalue weighted by molar-refractivity contribution is 0.0616. The van der Waals surface area contributed by atoms with Gasteiger partial charge in [-0.15, -0.1) is 0 Å². The number of benzene rings is 2. The maximum atomic E-state index is 6.14. The van der Waals surface area contributed by atoms with Crippen LogP contribution in [0.5, 0.6) is 0 Å². The number of nitrogens with one attached hydrogen (secondary N) is 1.